The van der Waals surface area contributed by atoms with Crippen molar-refractivity contribution in [1.82, 2.24) is 9.97 Å². The summed E-state index contributed by atoms with van der Waals surface area (Å²) in [6.45, 7) is 0. The van der Waals surface area contributed by atoms with Gasteiger partial charge in [0.25, 0.3) is 0 Å². The lowest BCUT2D eigenvalue weighted by Crippen LogP contribution is -1.93. The highest BCUT2D eigenvalue weighted by molar-refractivity contribution is 6.33. The van der Waals surface area contributed by atoms with E-state index in [1.807, 2.05) is 6.07 Å². The van der Waals surface area contributed by atoms with Gasteiger partial charge in [-0.25, -0.2) is 9.97 Å². The average molecular weight is 811 g/mol. The van der Waals surface area contributed by atoms with E-state index in [1.54, 1.807) is 0 Å². The van der Waals surface area contributed by atoms with Crippen LogP contribution in [0.5, 0.6) is 0 Å². The molecule has 296 valence electrons. The minimum absolute atomic E-state index is 0.983. The number of rotatable bonds is 4. The van der Waals surface area contributed by atoms with Crippen LogP contribution in [0.25, 0.3) is 127 Å². The van der Waals surface area contributed by atoms with Gasteiger partial charge in [0.15, 0.2) is 0 Å². The molecule has 64 heavy (non-hydrogen) atoms. The van der Waals surface area contributed by atoms with Crippen LogP contribution in [-0.2, 0) is 0 Å². The predicted octanol–water partition coefficient (Wildman–Crippen LogP) is 16.7. The van der Waals surface area contributed by atoms with Crippen LogP contribution in [-0.4, -0.2) is 9.97 Å². The third-order valence-electron chi connectivity index (χ3n) is 13.2. The Labute approximate surface area is 370 Å². The van der Waals surface area contributed by atoms with E-state index in [0.717, 1.165) is 61.2 Å². The van der Waals surface area contributed by atoms with E-state index in [1.165, 1.54) is 70.4 Å². The zero-order valence-corrected chi connectivity index (χ0v) is 34.8. The summed E-state index contributed by atoms with van der Waals surface area (Å²) in [5.41, 5.74) is 13.2. The number of hydrogen-bond acceptors (Lipinski definition) is 2. The van der Waals surface area contributed by atoms with Gasteiger partial charge in [0.05, 0.1) is 22.4 Å². The van der Waals surface area contributed by atoms with Crippen LogP contribution < -0.4 is 0 Å². The van der Waals surface area contributed by atoms with Crippen molar-refractivity contribution in [3.8, 4) is 33.6 Å². The summed E-state index contributed by atoms with van der Waals surface area (Å²) in [6.07, 6.45) is 11.1. The molecule has 12 aromatic rings. The number of hydrogen-bond donors (Lipinski definition) is 0. The molecule has 0 aliphatic heterocycles. The number of pyridine rings is 2. The van der Waals surface area contributed by atoms with Crippen LogP contribution in [0.3, 0.4) is 0 Å². The smallest absolute Gasteiger partial charge is 0.0794 e. The van der Waals surface area contributed by atoms with Gasteiger partial charge in [-0.3, -0.25) is 0 Å². The molecule has 2 heteroatoms. The second-order valence-corrected chi connectivity index (χ2v) is 16.9. The van der Waals surface area contributed by atoms with E-state index < -0.39 is 0 Å². The summed E-state index contributed by atoms with van der Waals surface area (Å²) in [4.78, 5) is 10.6. The Morgan fingerprint density at radius 1 is 0.328 bits per heavy atom. The zero-order chi connectivity index (χ0) is 42.1. The summed E-state index contributed by atoms with van der Waals surface area (Å²) in [6, 6.07) is 72.5. The molecule has 0 fully saturated rings. The molecule has 0 spiro atoms. The highest BCUT2D eigenvalue weighted by atomic mass is 14.7. The second kappa shape index (κ2) is 14.6. The molecule has 1 aliphatic carbocycles. The SMILES string of the molecule is C1=Cc2ccc3ccc(-c4ccccc4)nc3c2/C=C/C=C1c1ccc2c(ccc3ccc(-c4cccc(-c5nc6ccccc6c6c7ccccc7c7ccccc7c56)c4)cc32)c1. The van der Waals surface area contributed by atoms with E-state index in [0.29, 0.717) is 0 Å². The predicted molar refractivity (Wildman–Crippen MR) is 273 cm³/mol. The van der Waals surface area contributed by atoms with Gasteiger partial charge in [0, 0.05) is 38.2 Å². The van der Waals surface area contributed by atoms with Gasteiger partial charge in [-0.05, 0) is 101 Å². The largest absolute Gasteiger partial charge is 0.247 e. The third-order valence-corrected chi connectivity index (χ3v) is 13.2. The number of para-hydroxylation sites is 1. The number of aromatic nitrogens is 2. The van der Waals surface area contributed by atoms with Gasteiger partial charge in [0.1, 0.15) is 0 Å². The third kappa shape index (κ3) is 5.88. The fourth-order valence-corrected chi connectivity index (χ4v) is 10.1. The van der Waals surface area contributed by atoms with Gasteiger partial charge >= 0.3 is 0 Å². The van der Waals surface area contributed by atoms with Gasteiger partial charge < -0.3 is 0 Å². The van der Waals surface area contributed by atoms with Crippen molar-refractivity contribution in [3.05, 3.63) is 235 Å². The summed E-state index contributed by atoms with van der Waals surface area (Å²) < 4.78 is 0. The van der Waals surface area contributed by atoms with Gasteiger partial charge in [-0.2, -0.15) is 0 Å². The molecule has 0 bridgehead atoms. The Morgan fingerprint density at radius 3 is 1.84 bits per heavy atom. The lowest BCUT2D eigenvalue weighted by atomic mass is 9.89. The fourth-order valence-electron chi connectivity index (χ4n) is 10.1. The molecular formula is C62H38N2. The minimum atomic E-state index is 0.983. The van der Waals surface area contributed by atoms with E-state index in [-0.39, 0.29) is 0 Å². The second-order valence-electron chi connectivity index (χ2n) is 16.9. The maximum Gasteiger partial charge on any atom is 0.0794 e. The molecule has 0 saturated heterocycles. The first-order valence-corrected chi connectivity index (χ1v) is 22.0. The molecule has 2 aromatic heterocycles. The van der Waals surface area contributed by atoms with Gasteiger partial charge in [-0.15, -0.1) is 0 Å². The Hall–Kier alpha value is -8.46. The van der Waals surface area contributed by atoms with Crippen molar-refractivity contribution in [2.24, 2.45) is 0 Å². The quantitative estimate of drug-likeness (QED) is 0.166. The average Bonchev–Trinajstić information content (AvgIpc) is 3.36. The first-order chi connectivity index (χ1) is 31.7. The van der Waals surface area contributed by atoms with Crippen molar-refractivity contribution < 1.29 is 0 Å². The van der Waals surface area contributed by atoms with Gasteiger partial charge in [-0.1, -0.05) is 200 Å². The van der Waals surface area contributed by atoms with Crippen molar-refractivity contribution >= 4 is 93.4 Å². The maximum atomic E-state index is 5.43. The van der Waals surface area contributed by atoms with Crippen molar-refractivity contribution in [2.75, 3.05) is 0 Å². The van der Waals surface area contributed by atoms with E-state index >= 15 is 0 Å². The zero-order valence-electron chi connectivity index (χ0n) is 34.8. The Bertz CT molecular complexity index is 4000. The van der Waals surface area contributed by atoms with Crippen molar-refractivity contribution in [3.63, 3.8) is 0 Å². The first kappa shape index (κ1) is 36.2. The van der Waals surface area contributed by atoms with Crippen LogP contribution in [0.4, 0.5) is 0 Å². The van der Waals surface area contributed by atoms with Crippen LogP contribution in [0.15, 0.2) is 218 Å². The van der Waals surface area contributed by atoms with Crippen LogP contribution >= 0.6 is 0 Å². The van der Waals surface area contributed by atoms with Crippen molar-refractivity contribution in [2.45, 2.75) is 0 Å². The number of nitrogens with zero attached hydrogens (tertiary/aromatic N) is 2. The van der Waals surface area contributed by atoms with E-state index in [2.05, 4.69) is 225 Å². The summed E-state index contributed by atoms with van der Waals surface area (Å²) in [5, 5.41) is 14.7. The van der Waals surface area contributed by atoms with Crippen LogP contribution in [0, 0.1) is 0 Å². The number of allylic oxidation sites excluding steroid dienone is 4. The monoisotopic (exact) mass is 810 g/mol. The Balaban J connectivity index is 0.886. The minimum Gasteiger partial charge on any atom is -0.247 e. The standard InChI is InChI=1S/C62H38N2/c1-2-12-42(13-3-1)57-35-33-43-29-26-40-25-24-39(14-11-22-50(40)61(43)63-57)45-32-34-49-47(36-45)31-28-41-27-30-46(38-56(41)49)44-15-10-16-48(37-44)62-60-54-20-7-5-18-52(54)51-17-4-6-19-53(51)59(60)55-21-8-9-23-58(55)64-62/h1-38H/b14-11?,22-11+,25-24?,39-14?,39-24?,40-25?,50-22?. The molecule has 2 nitrogen and oxygen atoms in total. The topological polar surface area (TPSA) is 25.8 Å². The molecular weight excluding hydrogens is 773 g/mol. The molecule has 0 unspecified atom stereocenters. The molecule has 13 rings (SSSR count). The van der Waals surface area contributed by atoms with E-state index in [9.17, 15) is 0 Å². The normalized spacial score (nSPS) is 13.2. The molecule has 0 amide bonds. The van der Waals surface area contributed by atoms with Crippen molar-refractivity contribution in [1.29, 1.82) is 0 Å². The Morgan fingerprint density at radius 2 is 0.984 bits per heavy atom. The van der Waals surface area contributed by atoms with Crippen LogP contribution in [0.1, 0.15) is 16.7 Å². The summed E-state index contributed by atoms with van der Waals surface area (Å²) >= 11 is 0. The molecule has 0 saturated carbocycles. The molecule has 0 atom stereocenters. The molecule has 10 aromatic carbocycles. The first-order valence-electron chi connectivity index (χ1n) is 22.0. The lowest BCUT2D eigenvalue weighted by Gasteiger charge is -2.16. The van der Waals surface area contributed by atoms with Crippen LogP contribution in [0.2, 0.25) is 0 Å². The molecule has 0 radical (unpaired) electrons. The number of fused-ring (bicyclic) bond motifs is 14. The van der Waals surface area contributed by atoms with Gasteiger partial charge in [0.2, 0.25) is 0 Å². The summed E-state index contributed by atoms with van der Waals surface area (Å²) in [5.74, 6) is 0. The fraction of sp³-hybridized carbons (Fsp3) is 0. The Kier molecular flexibility index (Phi) is 8.25. The highest BCUT2D eigenvalue weighted by Gasteiger charge is 2.18. The highest BCUT2D eigenvalue weighted by Crippen LogP contribution is 2.43. The molecule has 0 N–H and O–H groups in total. The summed E-state index contributed by atoms with van der Waals surface area (Å²) in [7, 11) is 0. The number of benzene rings is 10. The molecule has 1 aliphatic rings. The van der Waals surface area contributed by atoms with E-state index in [4.69, 9.17) is 9.97 Å². The lowest BCUT2D eigenvalue weighted by molar-refractivity contribution is 1.39. The molecule has 2 heterocycles. The maximum absolute atomic E-state index is 5.43.